The van der Waals surface area contributed by atoms with E-state index < -0.39 is 35.6 Å². The molecule has 0 aliphatic rings. The minimum Gasteiger partial charge on any atom is -0.444 e. The van der Waals surface area contributed by atoms with Crippen molar-refractivity contribution in [3.63, 3.8) is 0 Å². The Morgan fingerprint density at radius 1 is 0.885 bits per heavy atom. The van der Waals surface area contributed by atoms with Gasteiger partial charge in [-0.2, -0.15) is 0 Å². The molecular weight excluding hydrogens is 334 g/mol. The summed E-state index contributed by atoms with van der Waals surface area (Å²) in [6.45, 7) is 9.40. The van der Waals surface area contributed by atoms with Crippen LogP contribution >= 0.6 is 0 Å². The second-order valence-corrected chi connectivity index (χ2v) is 7.65. The first-order valence-electron chi connectivity index (χ1n) is 9.69. The van der Waals surface area contributed by atoms with Crippen LogP contribution in [0.25, 0.3) is 0 Å². The highest BCUT2D eigenvalue weighted by atomic mass is 16.6. The minimum absolute atomic E-state index is 0.396. The molecule has 0 aliphatic heterocycles. The van der Waals surface area contributed by atoms with Crippen LogP contribution in [0.15, 0.2) is 0 Å². The number of carbonyl (C=O) groups excluding carboxylic acids is 3. The molecule has 0 spiro atoms. The van der Waals surface area contributed by atoms with Crippen LogP contribution in [0.3, 0.4) is 0 Å². The number of amides is 3. The van der Waals surface area contributed by atoms with Crippen LogP contribution in [0.2, 0.25) is 0 Å². The number of carbonyl (C=O) groups is 3. The van der Waals surface area contributed by atoms with Crippen LogP contribution in [0.1, 0.15) is 86.0 Å². The van der Waals surface area contributed by atoms with E-state index in [1.165, 1.54) is 0 Å². The highest BCUT2D eigenvalue weighted by Crippen LogP contribution is 2.10. The maximum atomic E-state index is 12.6. The van der Waals surface area contributed by atoms with Gasteiger partial charge in [0.15, 0.2) is 0 Å². The molecule has 0 unspecified atom stereocenters. The van der Waals surface area contributed by atoms with E-state index in [1.807, 2.05) is 0 Å². The molecule has 7 nitrogen and oxygen atoms in total. The molecule has 0 aromatic rings. The van der Waals surface area contributed by atoms with E-state index in [4.69, 9.17) is 10.5 Å². The third-order valence-electron chi connectivity index (χ3n) is 3.86. The van der Waals surface area contributed by atoms with Crippen molar-refractivity contribution in [2.45, 2.75) is 104 Å². The van der Waals surface area contributed by atoms with Crippen molar-refractivity contribution in [1.82, 2.24) is 10.6 Å². The van der Waals surface area contributed by atoms with Gasteiger partial charge < -0.3 is 21.1 Å². The minimum atomic E-state index is -0.746. The Morgan fingerprint density at radius 3 is 1.81 bits per heavy atom. The van der Waals surface area contributed by atoms with Crippen LogP contribution in [0, 0.1) is 0 Å². The predicted octanol–water partition coefficient (Wildman–Crippen LogP) is 3.01. The summed E-state index contributed by atoms with van der Waals surface area (Å²) in [4.78, 5) is 36.2. The highest BCUT2D eigenvalue weighted by molar-refractivity contribution is 5.90. The lowest BCUT2D eigenvalue weighted by Gasteiger charge is -2.24. The molecule has 7 heteroatoms. The highest BCUT2D eigenvalue weighted by Gasteiger charge is 2.27. The number of ether oxygens (including phenoxy) is 1. The first kappa shape index (κ1) is 24.2. The van der Waals surface area contributed by atoms with E-state index in [1.54, 1.807) is 20.8 Å². The molecular formula is C19H37N3O4. The second-order valence-electron chi connectivity index (χ2n) is 7.65. The monoisotopic (exact) mass is 371 g/mol. The van der Waals surface area contributed by atoms with Crippen LogP contribution < -0.4 is 16.4 Å². The van der Waals surface area contributed by atoms with Gasteiger partial charge in [0.2, 0.25) is 11.8 Å². The number of nitrogens with two attached hydrogens (primary N) is 1. The Balaban J connectivity index is 4.88. The van der Waals surface area contributed by atoms with Gasteiger partial charge in [0.05, 0.1) is 0 Å². The number of primary amides is 1. The largest absolute Gasteiger partial charge is 0.444 e. The zero-order valence-corrected chi connectivity index (χ0v) is 17.0. The van der Waals surface area contributed by atoms with Crippen molar-refractivity contribution in [3.05, 3.63) is 0 Å². The summed E-state index contributed by atoms with van der Waals surface area (Å²) in [5.41, 5.74) is 4.76. The normalized spacial score (nSPS) is 13.6. The van der Waals surface area contributed by atoms with Gasteiger partial charge in [0.1, 0.15) is 17.7 Å². The number of hydrogen-bond acceptors (Lipinski definition) is 4. The standard InChI is InChI=1S/C19H37N3O4/c1-6-8-10-12-14(16(20)23)21-17(24)15(13-11-9-7-2)22-18(25)26-19(3,4)5/h14-15H,6-13H2,1-5H3,(H2,20,23)(H,21,24)(H,22,25)/t14-,15-/m0/s1. The summed E-state index contributed by atoms with van der Waals surface area (Å²) >= 11 is 0. The third-order valence-corrected chi connectivity index (χ3v) is 3.86. The Labute approximate surface area is 157 Å². The van der Waals surface area contributed by atoms with Crippen molar-refractivity contribution in [3.8, 4) is 0 Å². The fourth-order valence-electron chi connectivity index (χ4n) is 2.47. The topological polar surface area (TPSA) is 111 Å². The van der Waals surface area contributed by atoms with Gasteiger partial charge in [0.25, 0.3) is 0 Å². The molecule has 2 atom stereocenters. The van der Waals surface area contributed by atoms with Crippen molar-refractivity contribution in [2.75, 3.05) is 0 Å². The number of unbranched alkanes of at least 4 members (excludes halogenated alkanes) is 4. The molecule has 0 heterocycles. The van der Waals surface area contributed by atoms with Gasteiger partial charge in [0, 0.05) is 0 Å². The van der Waals surface area contributed by atoms with Gasteiger partial charge in [-0.05, 0) is 33.6 Å². The number of hydrogen-bond donors (Lipinski definition) is 3. The average Bonchev–Trinajstić information content (AvgIpc) is 2.51. The van der Waals surface area contributed by atoms with Crippen molar-refractivity contribution in [2.24, 2.45) is 5.73 Å². The van der Waals surface area contributed by atoms with Gasteiger partial charge in [-0.3, -0.25) is 9.59 Å². The summed E-state index contributed by atoms with van der Waals surface area (Å²) < 4.78 is 5.23. The number of nitrogens with one attached hydrogen (secondary N) is 2. The molecule has 152 valence electrons. The summed E-state index contributed by atoms with van der Waals surface area (Å²) in [5, 5.41) is 5.31. The molecule has 4 N–H and O–H groups in total. The average molecular weight is 372 g/mol. The lowest BCUT2D eigenvalue weighted by atomic mass is 10.0. The third kappa shape index (κ3) is 11.7. The molecule has 3 amide bonds. The maximum absolute atomic E-state index is 12.6. The first-order valence-corrected chi connectivity index (χ1v) is 9.69. The Hall–Kier alpha value is -1.79. The fourth-order valence-corrected chi connectivity index (χ4v) is 2.47. The van der Waals surface area contributed by atoms with Gasteiger partial charge in [-0.15, -0.1) is 0 Å². The van der Waals surface area contributed by atoms with Crippen molar-refractivity contribution >= 4 is 17.9 Å². The molecule has 0 radical (unpaired) electrons. The lowest BCUT2D eigenvalue weighted by Crippen LogP contribution is -2.53. The number of alkyl carbamates (subject to hydrolysis) is 1. The van der Waals surface area contributed by atoms with Crippen molar-refractivity contribution < 1.29 is 19.1 Å². The van der Waals surface area contributed by atoms with Crippen LogP contribution in [-0.2, 0) is 14.3 Å². The molecule has 0 bridgehead atoms. The predicted molar refractivity (Wildman–Crippen MR) is 103 cm³/mol. The van der Waals surface area contributed by atoms with Crippen LogP contribution in [0.4, 0.5) is 4.79 Å². The summed E-state index contributed by atoms with van der Waals surface area (Å²) in [6.07, 6.45) is 5.89. The first-order chi connectivity index (χ1) is 12.1. The smallest absolute Gasteiger partial charge is 0.408 e. The van der Waals surface area contributed by atoms with Gasteiger partial charge in [-0.25, -0.2) is 4.79 Å². The van der Waals surface area contributed by atoms with E-state index in [2.05, 4.69) is 24.5 Å². The second kappa shape index (κ2) is 12.5. The molecule has 0 aromatic heterocycles. The Kier molecular flexibility index (Phi) is 11.7. The SMILES string of the molecule is CCCCC[C@H](NC(=O)[C@H](CCCCC)NC(=O)OC(C)(C)C)C(N)=O. The lowest BCUT2D eigenvalue weighted by molar-refractivity contribution is -0.128. The summed E-state index contributed by atoms with van der Waals surface area (Å²) in [7, 11) is 0. The van der Waals surface area contributed by atoms with Crippen LogP contribution in [-0.4, -0.2) is 35.6 Å². The van der Waals surface area contributed by atoms with Crippen LogP contribution in [0.5, 0.6) is 0 Å². The van der Waals surface area contributed by atoms with E-state index in [0.717, 1.165) is 38.5 Å². The quantitative estimate of drug-likeness (QED) is 0.458. The molecule has 26 heavy (non-hydrogen) atoms. The molecule has 0 saturated carbocycles. The van der Waals surface area contributed by atoms with E-state index in [9.17, 15) is 14.4 Å². The molecule has 0 saturated heterocycles. The molecule has 0 rings (SSSR count). The summed E-state index contributed by atoms with van der Waals surface area (Å²) in [5.74, 6) is -0.953. The van der Waals surface area contributed by atoms with E-state index in [0.29, 0.717) is 12.8 Å². The van der Waals surface area contributed by atoms with Gasteiger partial charge >= 0.3 is 6.09 Å². The Morgan fingerprint density at radius 2 is 1.38 bits per heavy atom. The Bertz CT molecular complexity index is 447. The molecule has 0 aliphatic carbocycles. The molecule has 0 fully saturated rings. The summed E-state index contributed by atoms with van der Waals surface area (Å²) in [6, 6.07) is -1.47. The number of rotatable bonds is 12. The van der Waals surface area contributed by atoms with E-state index >= 15 is 0 Å². The van der Waals surface area contributed by atoms with E-state index in [-0.39, 0.29) is 0 Å². The zero-order chi connectivity index (χ0) is 20.2. The maximum Gasteiger partial charge on any atom is 0.408 e. The molecule has 0 aromatic carbocycles. The van der Waals surface area contributed by atoms with Gasteiger partial charge in [-0.1, -0.05) is 52.4 Å². The van der Waals surface area contributed by atoms with Crippen molar-refractivity contribution in [1.29, 1.82) is 0 Å². The zero-order valence-electron chi connectivity index (χ0n) is 17.0. The fraction of sp³-hybridized carbons (Fsp3) is 0.842.